The summed E-state index contributed by atoms with van der Waals surface area (Å²) in [7, 11) is 1.95. The predicted octanol–water partition coefficient (Wildman–Crippen LogP) is 0.600. The second-order valence-corrected chi connectivity index (χ2v) is 3.97. The van der Waals surface area contributed by atoms with Crippen LogP contribution in [-0.4, -0.2) is 50.8 Å². The lowest BCUT2D eigenvalue weighted by Gasteiger charge is -2.32. The van der Waals surface area contributed by atoms with Crippen molar-refractivity contribution in [1.82, 2.24) is 10.2 Å². The van der Waals surface area contributed by atoms with E-state index in [4.69, 9.17) is 10.00 Å². The van der Waals surface area contributed by atoms with Crippen molar-refractivity contribution in [3.05, 3.63) is 0 Å². The second-order valence-electron chi connectivity index (χ2n) is 3.97. The van der Waals surface area contributed by atoms with Gasteiger partial charge in [-0.2, -0.15) is 5.26 Å². The molecule has 15 heavy (non-hydrogen) atoms. The van der Waals surface area contributed by atoms with E-state index in [1.54, 1.807) is 0 Å². The Labute approximate surface area is 92.2 Å². The van der Waals surface area contributed by atoms with Gasteiger partial charge in [0, 0.05) is 26.1 Å². The number of ether oxygens (including phenoxy) is 1. The summed E-state index contributed by atoms with van der Waals surface area (Å²) < 4.78 is 5.62. The van der Waals surface area contributed by atoms with Crippen LogP contribution < -0.4 is 5.32 Å². The number of morpholine rings is 1. The summed E-state index contributed by atoms with van der Waals surface area (Å²) in [5.74, 6) is 0. The topological polar surface area (TPSA) is 48.3 Å². The van der Waals surface area contributed by atoms with Crippen molar-refractivity contribution in [2.75, 3.05) is 39.8 Å². The van der Waals surface area contributed by atoms with Gasteiger partial charge in [-0.15, -0.1) is 0 Å². The molecule has 0 aromatic heterocycles. The van der Waals surface area contributed by atoms with Crippen LogP contribution in [0.3, 0.4) is 0 Å². The fraction of sp³-hybridized carbons (Fsp3) is 0.909. The fourth-order valence-electron chi connectivity index (χ4n) is 1.87. The van der Waals surface area contributed by atoms with Crippen LogP contribution in [0.4, 0.5) is 0 Å². The van der Waals surface area contributed by atoms with Gasteiger partial charge in [0.25, 0.3) is 0 Å². The van der Waals surface area contributed by atoms with Gasteiger partial charge in [-0.05, 0) is 26.4 Å². The van der Waals surface area contributed by atoms with Crippen LogP contribution >= 0.6 is 0 Å². The summed E-state index contributed by atoms with van der Waals surface area (Å²) in [6, 6.07) is 2.18. The molecule has 1 rings (SSSR count). The summed E-state index contributed by atoms with van der Waals surface area (Å²) >= 11 is 0. The largest absolute Gasteiger partial charge is 0.374 e. The molecule has 1 fully saturated rings. The minimum Gasteiger partial charge on any atom is -0.374 e. The summed E-state index contributed by atoms with van der Waals surface area (Å²) in [5, 5.41) is 11.6. The summed E-state index contributed by atoms with van der Waals surface area (Å²) in [6.45, 7) is 4.92. The van der Waals surface area contributed by atoms with Gasteiger partial charge in [0.15, 0.2) is 0 Å². The minimum absolute atomic E-state index is 0.333. The monoisotopic (exact) mass is 211 g/mol. The van der Waals surface area contributed by atoms with Crippen molar-refractivity contribution >= 4 is 0 Å². The number of nitrogens with zero attached hydrogens (tertiary/aromatic N) is 2. The molecule has 1 heterocycles. The normalized spacial score (nSPS) is 22.5. The van der Waals surface area contributed by atoms with Gasteiger partial charge in [0.05, 0.1) is 18.8 Å². The van der Waals surface area contributed by atoms with Gasteiger partial charge in [-0.1, -0.05) is 0 Å². The third-order valence-electron chi connectivity index (χ3n) is 2.67. The molecule has 0 saturated carbocycles. The number of hydrogen-bond donors (Lipinski definition) is 1. The van der Waals surface area contributed by atoms with Crippen molar-refractivity contribution in [3.8, 4) is 6.07 Å². The second kappa shape index (κ2) is 7.63. The molecule has 0 aliphatic carbocycles. The molecule has 0 amide bonds. The molecular weight excluding hydrogens is 190 g/mol. The molecule has 0 bridgehead atoms. The van der Waals surface area contributed by atoms with E-state index in [-0.39, 0.29) is 0 Å². The quantitative estimate of drug-likeness (QED) is 0.654. The number of nitriles is 1. The van der Waals surface area contributed by atoms with E-state index < -0.39 is 0 Å². The third kappa shape index (κ3) is 5.12. The van der Waals surface area contributed by atoms with Crippen LogP contribution in [0.25, 0.3) is 0 Å². The van der Waals surface area contributed by atoms with Crippen molar-refractivity contribution in [1.29, 1.82) is 5.26 Å². The highest BCUT2D eigenvalue weighted by Crippen LogP contribution is 2.06. The van der Waals surface area contributed by atoms with Crippen molar-refractivity contribution in [2.24, 2.45) is 0 Å². The first-order chi connectivity index (χ1) is 7.36. The van der Waals surface area contributed by atoms with E-state index in [1.807, 2.05) is 7.05 Å². The summed E-state index contributed by atoms with van der Waals surface area (Å²) in [5.41, 5.74) is 0. The van der Waals surface area contributed by atoms with Crippen LogP contribution in [0.15, 0.2) is 0 Å². The van der Waals surface area contributed by atoms with Crippen molar-refractivity contribution in [2.45, 2.75) is 25.4 Å². The Balaban J connectivity index is 2.10. The molecule has 0 spiro atoms. The van der Waals surface area contributed by atoms with Gasteiger partial charge in [0.1, 0.15) is 0 Å². The highest BCUT2D eigenvalue weighted by molar-refractivity contribution is 4.74. The SMILES string of the molecule is CNCC1CN(CCCCC#N)CCO1. The zero-order valence-electron chi connectivity index (χ0n) is 9.54. The Morgan fingerprint density at radius 3 is 3.13 bits per heavy atom. The first-order valence-electron chi connectivity index (χ1n) is 5.72. The van der Waals surface area contributed by atoms with Gasteiger partial charge >= 0.3 is 0 Å². The van der Waals surface area contributed by atoms with Crippen LogP contribution in [0.5, 0.6) is 0 Å². The molecule has 1 N–H and O–H groups in total. The summed E-state index contributed by atoms with van der Waals surface area (Å²) in [4.78, 5) is 2.43. The van der Waals surface area contributed by atoms with Gasteiger partial charge in [-0.25, -0.2) is 0 Å². The Morgan fingerprint density at radius 1 is 1.53 bits per heavy atom. The standard InChI is InChI=1S/C11H21N3O/c1-13-9-11-10-14(7-8-15-11)6-4-2-3-5-12/h11,13H,2-4,6-10H2,1H3. The zero-order valence-corrected chi connectivity index (χ0v) is 9.54. The van der Waals surface area contributed by atoms with E-state index in [1.165, 1.54) is 0 Å². The number of rotatable bonds is 6. The Bertz CT molecular complexity index is 200. The average molecular weight is 211 g/mol. The fourth-order valence-corrected chi connectivity index (χ4v) is 1.87. The molecule has 4 nitrogen and oxygen atoms in total. The molecule has 1 aliphatic rings. The molecule has 86 valence electrons. The maximum atomic E-state index is 8.42. The van der Waals surface area contributed by atoms with E-state index >= 15 is 0 Å². The van der Waals surface area contributed by atoms with E-state index in [0.717, 1.165) is 45.6 Å². The lowest BCUT2D eigenvalue weighted by Crippen LogP contribution is -2.46. The van der Waals surface area contributed by atoms with Crippen LogP contribution in [0, 0.1) is 11.3 Å². The lowest BCUT2D eigenvalue weighted by atomic mass is 10.2. The Hall–Kier alpha value is -0.630. The molecule has 1 aliphatic heterocycles. The van der Waals surface area contributed by atoms with Crippen molar-refractivity contribution < 1.29 is 4.74 Å². The molecule has 1 atom stereocenters. The van der Waals surface area contributed by atoms with Gasteiger partial charge in [-0.3, -0.25) is 4.90 Å². The molecule has 0 radical (unpaired) electrons. The Morgan fingerprint density at radius 2 is 2.40 bits per heavy atom. The first-order valence-corrected chi connectivity index (χ1v) is 5.72. The molecule has 0 aromatic carbocycles. The highest BCUT2D eigenvalue weighted by atomic mass is 16.5. The third-order valence-corrected chi connectivity index (χ3v) is 2.67. The Kier molecular flexibility index (Phi) is 6.33. The molecular formula is C11H21N3O. The summed E-state index contributed by atoms with van der Waals surface area (Å²) in [6.07, 6.45) is 3.16. The maximum Gasteiger partial charge on any atom is 0.0826 e. The molecule has 1 saturated heterocycles. The van der Waals surface area contributed by atoms with Crippen molar-refractivity contribution in [3.63, 3.8) is 0 Å². The first kappa shape index (κ1) is 12.4. The molecule has 0 aromatic rings. The number of nitrogens with one attached hydrogen (secondary N) is 1. The highest BCUT2D eigenvalue weighted by Gasteiger charge is 2.18. The lowest BCUT2D eigenvalue weighted by molar-refractivity contribution is -0.0265. The number of likely N-dealkylation sites (N-methyl/N-ethyl adjacent to an activating group) is 1. The minimum atomic E-state index is 0.333. The maximum absolute atomic E-state index is 8.42. The van der Waals surface area contributed by atoms with E-state index in [9.17, 15) is 0 Å². The van der Waals surface area contributed by atoms with Gasteiger partial charge in [0.2, 0.25) is 0 Å². The smallest absolute Gasteiger partial charge is 0.0826 e. The molecule has 4 heteroatoms. The zero-order chi connectivity index (χ0) is 10.9. The predicted molar refractivity (Wildman–Crippen MR) is 59.6 cm³/mol. The van der Waals surface area contributed by atoms with E-state index in [0.29, 0.717) is 12.5 Å². The van der Waals surface area contributed by atoms with Crippen LogP contribution in [0.1, 0.15) is 19.3 Å². The van der Waals surface area contributed by atoms with Crippen LogP contribution in [-0.2, 0) is 4.74 Å². The average Bonchev–Trinajstić information content (AvgIpc) is 2.26. The van der Waals surface area contributed by atoms with Crippen LogP contribution in [0.2, 0.25) is 0 Å². The van der Waals surface area contributed by atoms with Gasteiger partial charge < -0.3 is 10.1 Å². The molecule has 1 unspecified atom stereocenters. The number of hydrogen-bond acceptors (Lipinski definition) is 4. The van der Waals surface area contributed by atoms with E-state index in [2.05, 4.69) is 16.3 Å². The number of unbranched alkanes of at least 4 members (excludes halogenated alkanes) is 2.